The molecule has 12 rings (SSSR count). The number of benzene rings is 3. The minimum atomic E-state index is -4.85. The molecular weight excluding hydrogens is 1500 g/mol. The van der Waals surface area contributed by atoms with E-state index >= 15 is 13.2 Å². The fourth-order valence-electron chi connectivity index (χ4n) is 11.7. The van der Waals surface area contributed by atoms with Crippen molar-refractivity contribution in [1.82, 2.24) is 60.6 Å². The Morgan fingerprint density at radius 1 is 0.477 bits per heavy atom. The first-order chi connectivity index (χ1) is 52.3. The van der Waals surface area contributed by atoms with Crippen LogP contribution < -0.4 is 57.0 Å². The van der Waals surface area contributed by atoms with Crippen LogP contribution in [0.2, 0.25) is 0 Å². The van der Waals surface area contributed by atoms with Gasteiger partial charge in [0.1, 0.15) is 23.5 Å². The van der Waals surface area contributed by atoms with Crippen LogP contribution in [0.1, 0.15) is 5.82 Å². The number of hydrogen-bond donors (Lipinski definition) is 7. The second kappa shape index (κ2) is 33.7. The Labute approximate surface area is 622 Å². The highest BCUT2D eigenvalue weighted by molar-refractivity contribution is 6.11. The smallest absolute Gasteiger partial charge is 0.422 e. The molecule has 0 unspecified atom stereocenters. The van der Waals surface area contributed by atoms with Crippen molar-refractivity contribution >= 4 is 51.8 Å². The first-order valence-electron chi connectivity index (χ1n) is 33.2. The van der Waals surface area contributed by atoms with E-state index in [9.17, 15) is 71.9 Å². The van der Waals surface area contributed by atoms with Gasteiger partial charge in [-0.15, -0.1) is 0 Å². The molecular formula is C72H66F15N19O5. The Balaban J connectivity index is 0.000000177. The molecule has 6 aliphatic heterocycles. The highest BCUT2D eigenvalue weighted by Gasteiger charge is 2.43. The number of carbonyl (C=O) groups is 3. The number of halogens is 15. The highest BCUT2D eigenvalue weighted by atomic mass is 19.4. The number of amides is 3. The van der Waals surface area contributed by atoms with E-state index in [-0.39, 0.29) is 79.0 Å². The number of piperazine rings is 3. The van der Waals surface area contributed by atoms with Crippen molar-refractivity contribution in [1.29, 1.82) is 5.26 Å². The number of carbonyl (C=O) groups excluding carboxylic acids is 3. The molecule has 6 aliphatic rings. The van der Waals surface area contributed by atoms with Crippen LogP contribution in [0.3, 0.4) is 0 Å². The summed E-state index contributed by atoms with van der Waals surface area (Å²) in [5.41, 5.74) is -4.65. The van der Waals surface area contributed by atoms with Gasteiger partial charge in [-0.05, 0) is 75.8 Å². The molecule has 3 aromatic heterocycles. The molecule has 0 aliphatic carbocycles. The average molecular weight is 1560 g/mol. The summed E-state index contributed by atoms with van der Waals surface area (Å²) in [6, 6.07) is 8.62. The lowest BCUT2D eigenvalue weighted by atomic mass is 10.0. The first kappa shape index (κ1) is 81.2. The summed E-state index contributed by atoms with van der Waals surface area (Å²) in [5, 5.41) is 24.0. The Morgan fingerprint density at radius 2 is 0.784 bits per heavy atom. The third-order valence-corrected chi connectivity index (χ3v) is 17.6. The molecule has 0 radical (unpaired) electrons. The maximum Gasteiger partial charge on any atom is 0.422 e. The minimum absolute atomic E-state index is 0.00942. The lowest BCUT2D eigenvalue weighted by molar-refractivity contribution is -0.154. The topological polar surface area (TPSA) is 273 Å². The number of aromatic amines is 1. The number of allylic oxidation sites excluding steroid dienone is 3. The number of anilines is 6. The van der Waals surface area contributed by atoms with Crippen molar-refractivity contribution in [3.63, 3.8) is 0 Å². The fraction of sp³-hybridized carbons (Fsp3) is 0.278. The van der Waals surface area contributed by atoms with Gasteiger partial charge in [-0.25, -0.2) is 42.9 Å². The molecule has 0 saturated carbocycles. The fourth-order valence-corrected chi connectivity index (χ4v) is 11.7. The Morgan fingerprint density at radius 3 is 1.07 bits per heavy atom. The second-order valence-electron chi connectivity index (χ2n) is 25.5. The monoisotopic (exact) mass is 1560 g/mol. The van der Waals surface area contributed by atoms with E-state index in [2.05, 4.69) is 96.1 Å². The number of alkyl halides is 12. The SMILES string of the molecule is C=C1C=C(C(F)(F)F)C(C(=O)Nc2cc(-c3cnc(=O)[nH]c3)c(F)cc2N2CCN(C)CC2)=CN1.C=C1C=C(C(F)(F)F)C(C(=O)Nc2cc(-c3cnc(C#N)nc3)c(F)cc2N2CCN(C)CC2)=CN1.C=C1C=C(C(F)(F)F)C(C(=O)Nc2cc(-c3cnc(OCC(F)(F)F)nc3)c(F)cc2N2CCN(C)CC2)=CN1. The lowest BCUT2D eigenvalue weighted by Crippen LogP contribution is -2.44. The van der Waals surface area contributed by atoms with Crippen LogP contribution in [0.15, 0.2) is 185 Å². The summed E-state index contributed by atoms with van der Waals surface area (Å²) in [4.78, 5) is 83.1. The summed E-state index contributed by atoms with van der Waals surface area (Å²) in [6.07, 6.45) is -7.08. The number of hydrogen-bond acceptors (Lipinski definition) is 20. The van der Waals surface area contributed by atoms with Gasteiger partial charge in [0.2, 0.25) is 5.82 Å². The van der Waals surface area contributed by atoms with E-state index in [0.29, 0.717) is 96.0 Å². The third kappa shape index (κ3) is 20.5. The number of dihydropyridines is 3. The molecule has 9 heterocycles. The molecule has 3 amide bonds. The van der Waals surface area contributed by atoms with E-state index in [1.54, 1.807) is 11.0 Å². The number of nitrogens with one attached hydrogen (secondary N) is 7. The average Bonchev–Trinajstić information content (AvgIpc) is 0.791. The maximum absolute atomic E-state index is 15.3. The van der Waals surface area contributed by atoms with E-state index in [1.165, 1.54) is 55.1 Å². The van der Waals surface area contributed by atoms with Crippen molar-refractivity contribution in [2.24, 2.45) is 0 Å². The molecule has 111 heavy (non-hydrogen) atoms. The Kier molecular flexibility index (Phi) is 24.6. The van der Waals surface area contributed by atoms with Gasteiger partial charge < -0.3 is 71.0 Å². The van der Waals surface area contributed by atoms with E-state index < -0.39 is 112 Å². The molecule has 3 fully saturated rings. The van der Waals surface area contributed by atoms with E-state index in [1.807, 2.05) is 35.8 Å². The Hall–Kier alpha value is -12.3. The van der Waals surface area contributed by atoms with Crippen molar-refractivity contribution in [3.05, 3.63) is 214 Å². The van der Waals surface area contributed by atoms with Crippen molar-refractivity contribution in [2.45, 2.75) is 24.7 Å². The molecule has 24 nitrogen and oxygen atoms in total. The summed E-state index contributed by atoms with van der Waals surface area (Å²) >= 11 is 0. The van der Waals surface area contributed by atoms with Crippen LogP contribution in [-0.4, -0.2) is 193 Å². The van der Waals surface area contributed by atoms with Crippen molar-refractivity contribution in [3.8, 4) is 45.5 Å². The predicted octanol–water partition coefficient (Wildman–Crippen LogP) is 10.5. The number of ether oxygens (including phenoxy) is 1. The number of aromatic nitrogens is 6. The van der Waals surface area contributed by atoms with Crippen LogP contribution in [0.4, 0.5) is 100.0 Å². The molecule has 0 bridgehead atoms. The largest absolute Gasteiger partial charge is 0.454 e. The van der Waals surface area contributed by atoms with Crippen molar-refractivity contribution in [2.75, 3.05) is 137 Å². The number of rotatable bonds is 14. The predicted molar refractivity (Wildman–Crippen MR) is 380 cm³/mol. The van der Waals surface area contributed by atoms with Gasteiger partial charge in [0.15, 0.2) is 6.61 Å². The van der Waals surface area contributed by atoms with Gasteiger partial charge in [-0.2, -0.15) is 57.9 Å². The summed E-state index contributed by atoms with van der Waals surface area (Å²) < 4.78 is 210. The zero-order chi connectivity index (χ0) is 80.6. The van der Waals surface area contributed by atoms with Crippen LogP contribution in [0.25, 0.3) is 33.4 Å². The first-order valence-corrected chi connectivity index (χ1v) is 33.2. The van der Waals surface area contributed by atoms with Gasteiger partial charge in [-0.1, -0.05) is 19.7 Å². The van der Waals surface area contributed by atoms with Crippen molar-refractivity contribution < 1.29 is 85.0 Å². The second-order valence-corrected chi connectivity index (χ2v) is 25.5. The van der Waals surface area contributed by atoms with Crippen LogP contribution in [0.5, 0.6) is 6.01 Å². The number of H-pyrrole nitrogens is 1. The van der Waals surface area contributed by atoms with E-state index in [4.69, 9.17) is 5.26 Å². The molecule has 584 valence electrons. The normalized spacial score (nSPS) is 16.7. The molecule has 39 heteroatoms. The third-order valence-electron chi connectivity index (χ3n) is 17.6. The molecule has 0 spiro atoms. The van der Waals surface area contributed by atoms with Crippen LogP contribution in [-0.2, 0) is 14.4 Å². The van der Waals surface area contributed by atoms with Crippen LogP contribution >= 0.6 is 0 Å². The summed E-state index contributed by atoms with van der Waals surface area (Å²) in [7, 11) is 5.78. The number of nitriles is 1. The molecule has 0 atom stereocenters. The quantitative estimate of drug-likeness (QED) is 0.0499. The Bertz CT molecular complexity index is 4880. The van der Waals surface area contributed by atoms with Gasteiger partial charge in [-0.3, -0.25) is 14.4 Å². The van der Waals surface area contributed by atoms with E-state index in [0.717, 1.165) is 49.2 Å². The summed E-state index contributed by atoms with van der Waals surface area (Å²) in [5.74, 6) is -5.32. The zero-order valence-electron chi connectivity index (χ0n) is 58.8. The molecule has 3 aromatic carbocycles. The molecule has 6 aromatic rings. The van der Waals surface area contributed by atoms with Crippen LogP contribution in [0, 0.1) is 28.8 Å². The number of nitrogens with zero attached hydrogens (tertiary/aromatic N) is 12. The van der Waals surface area contributed by atoms with Gasteiger partial charge in [0, 0.05) is 185 Å². The lowest BCUT2D eigenvalue weighted by Gasteiger charge is -2.35. The number of likely N-dealkylation sites (N-methyl/N-ethyl adjacent to an activating group) is 3. The standard InChI is InChI=1S/C25H23F7N6O2.C24H21F4N7O.C23H22F4N6O2/c1-14-7-18(25(30,31)32)17(12-33-14)22(39)36-20-8-16(15-10-34-23(35-11-15)40-13-24(27,28)29)19(26)9-21(20)38-5-3-37(2)4-6-38;1-14-7-18(24(26,27)28)17(13-30-14)23(36)33-20-8-16(15-11-31-22(10-29)32-12-15)19(25)9-21(20)35-5-3-34(2)4-6-35;1-13-7-17(23(25,26)27)16(12-28-13)21(34)31-19-8-15(14-10-29-22(35)30-11-14)18(24)9-20(19)33-5-3-32(2)4-6-33/h7-12,33H,1,3-6,13H2,2H3,(H,36,39);7-9,11-13,30H,1,3-6H2,2H3,(H,33,36);7-12,28H,1,3-6H2,2H3,(H,31,34)(H,29,30,35). The molecule has 7 N–H and O–H groups in total. The van der Waals surface area contributed by atoms with Gasteiger partial charge in [0.25, 0.3) is 17.7 Å². The maximum atomic E-state index is 15.3. The minimum Gasteiger partial charge on any atom is -0.454 e. The summed E-state index contributed by atoms with van der Waals surface area (Å²) in [6.45, 7) is 15.6. The van der Waals surface area contributed by atoms with Gasteiger partial charge in [0.05, 0.1) is 67.6 Å². The zero-order valence-corrected chi connectivity index (χ0v) is 58.8. The van der Waals surface area contributed by atoms with Gasteiger partial charge >= 0.3 is 36.4 Å². The molecule has 3 saturated heterocycles. The highest BCUT2D eigenvalue weighted by Crippen LogP contribution is 2.42.